The van der Waals surface area contributed by atoms with Gasteiger partial charge in [0.05, 0.1) is 18.2 Å². The van der Waals surface area contributed by atoms with E-state index in [0.717, 1.165) is 5.56 Å². The molecule has 0 bridgehead atoms. The monoisotopic (exact) mass is 288 g/mol. The molecule has 0 saturated heterocycles. The summed E-state index contributed by atoms with van der Waals surface area (Å²) in [5.74, 6) is 1.16. The summed E-state index contributed by atoms with van der Waals surface area (Å²) in [5, 5.41) is 9.33. The number of ether oxygens (including phenoxy) is 2. The van der Waals surface area contributed by atoms with Crippen molar-refractivity contribution in [3.05, 3.63) is 52.8 Å². The average Bonchev–Trinajstić information content (AvgIpc) is 2.48. The SMILES string of the molecule is CCOc1cc(C#N)ccc1OCc1ccc(Cl)nc1. The number of nitrogens with zero attached hydrogens (tertiary/aromatic N) is 2. The van der Waals surface area contributed by atoms with Crippen LogP contribution in [0.1, 0.15) is 18.1 Å². The van der Waals surface area contributed by atoms with E-state index in [1.54, 1.807) is 30.5 Å². The minimum absolute atomic E-state index is 0.357. The summed E-state index contributed by atoms with van der Waals surface area (Å²) in [4.78, 5) is 3.99. The minimum Gasteiger partial charge on any atom is -0.490 e. The molecule has 0 atom stereocenters. The van der Waals surface area contributed by atoms with Gasteiger partial charge in [-0.05, 0) is 25.1 Å². The first kappa shape index (κ1) is 14.2. The van der Waals surface area contributed by atoms with Crippen LogP contribution in [0.2, 0.25) is 5.15 Å². The molecule has 0 fully saturated rings. The lowest BCUT2D eigenvalue weighted by Gasteiger charge is -2.12. The fourth-order valence-corrected chi connectivity index (χ4v) is 1.73. The lowest BCUT2D eigenvalue weighted by atomic mass is 10.2. The van der Waals surface area contributed by atoms with Gasteiger partial charge >= 0.3 is 0 Å². The van der Waals surface area contributed by atoms with Gasteiger partial charge in [0.1, 0.15) is 11.8 Å². The molecule has 1 heterocycles. The lowest BCUT2D eigenvalue weighted by molar-refractivity contribution is 0.269. The largest absolute Gasteiger partial charge is 0.490 e. The van der Waals surface area contributed by atoms with Crippen molar-refractivity contribution in [3.8, 4) is 17.6 Å². The van der Waals surface area contributed by atoms with Crippen molar-refractivity contribution in [2.45, 2.75) is 13.5 Å². The third-order valence-corrected chi connectivity index (χ3v) is 2.78. The van der Waals surface area contributed by atoms with Crippen molar-refractivity contribution in [1.82, 2.24) is 4.98 Å². The number of halogens is 1. The summed E-state index contributed by atoms with van der Waals surface area (Å²) in [6.07, 6.45) is 1.66. The molecule has 2 rings (SSSR count). The Morgan fingerprint density at radius 2 is 2.05 bits per heavy atom. The molecule has 0 saturated carbocycles. The highest BCUT2D eigenvalue weighted by Gasteiger charge is 2.07. The van der Waals surface area contributed by atoms with Gasteiger partial charge in [-0.1, -0.05) is 17.7 Å². The van der Waals surface area contributed by atoms with Crippen LogP contribution >= 0.6 is 11.6 Å². The smallest absolute Gasteiger partial charge is 0.162 e. The van der Waals surface area contributed by atoms with Gasteiger partial charge in [-0.25, -0.2) is 4.98 Å². The molecule has 1 aromatic carbocycles. The molecule has 0 N–H and O–H groups in total. The highest BCUT2D eigenvalue weighted by Crippen LogP contribution is 2.29. The van der Waals surface area contributed by atoms with Crippen LogP contribution in [-0.4, -0.2) is 11.6 Å². The summed E-state index contributed by atoms with van der Waals surface area (Å²) >= 11 is 5.73. The second-order valence-electron chi connectivity index (χ2n) is 3.98. The van der Waals surface area contributed by atoms with Gasteiger partial charge in [0.15, 0.2) is 11.5 Å². The van der Waals surface area contributed by atoms with E-state index in [2.05, 4.69) is 11.1 Å². The maximum Gasteiger partial charge on any atom is 0.162 e. The third kappa shape index (κ3) is 3.62. The fraction of sp³-hybridized carbons (Fsp3) is 0.200. The normalized spacial score (nSPS) is 9.85. The maximum absolute atomic E-state index is 8.89. The molecule has 0 amide bonds. The highest BCUT2D eigenvalue weighted by atomic mass is 35.5. The van der Waals surface area contributed by atoms with E-state index in [1.807, 2.05) is 13.0 Å². The molecule has 0 radical (unpaired) electrons. The van der Waals surface area contributed by atoms with Gasteiger partial charge in [-0.15, -0.1) is 0 Å². The Bertz CT molecular complexity index is 621. The van der Waals surface area contributed by atoms with Crippen LogP contribution in [-0.2, 0) is 6.61 Å². The van der Waals surface area contributed by atoms with Crippen LogP contribution in [0.3, 0.4) is 0 Å². The summed E-state index contributed by atoms with van der Waals surface area (Å²) in [6.45, 7) is 2.75. The predicted octanol–water partition coefficient (Wildman–Crippen LogP) is 3.58. The molecule has 0 unspecified atom stereocenters. The summed E-state index contributed by atoms with van der Waals surface area (Å²) in [5.41, 5.74) is 1.44. The molecule has 0 aliphatic rings. The van der Waals surface area contributed by atoms with Crippen LogP contribution in [0.4, 0.5) is 0 Å². The van der Waals surface area contributed by atoms with E-state index >= 15 is 0 Å². The van der Waals surface area contributed by atoms with Crippen molar-refractivity contribution >= 4 is 11.6 Å². The van der Waals surface area contributed by atoms with E-state index in [4.69, 9.17) is 26.3 Å². The Morgan fingerprint density at radius 3 is 2.70 bits per heavy atom. The molecule has 5 heteroatoms. The van der Waals surface area contributed by atoms with Gasteiger partial charge in [-0.3, -0.25) is 0 Å². The first-order valence-electron chi connectivity index (χ1n) is 6.13. The van der Waals surface area contributed by atoms with Gasteiger partial charge < -0.3 is 9.47 Å². The Hall–Kier alpha value is -2.25. The van der Waals surface area contributed by atoms with Crippen molar-refractivity contribution < 1.29 is 9.47 Å². The van der Waals surface area contributed by atoms with E-state index in [0.29, 0.717) is 35.4 Å². The van der Waals surface area contributed by atoms with Crippen LogP contribution in [0.25, 0.3) is 0 Å². The third-order valence-electron chi connectivity index (χ3n) is 2.56. The Morgan fingerprint density at radius 1 is 1.20 bits per heavy atom. The number of pyridine rings is 1. The van der Waals surface area contributed by atoms with Crippen LogP contribution in [0.5, 0.6) is 11.5 Å². The second-order valence-corrected chi connectivity index (χ2v) is 4.37. The number of nitriles is 1. The van der Waals surface area contributed by atoms with E-state index in [9.17, 15) is 0 Å². The van der Waals surface area contributed by atoms with E-state index in [-0.39, 0.29) is 0 Å². The van der Waals surface area contributed by atoms with Crippen LogP contribution in [0, 0.1) is 11.3 Å². The molecule has 0 spiro atoms. The molecular weight excluding hydrogens is 276 g/mol. The lowest BCUT2D eigenvalue weighted by Crippen LogP contribution is -2.00. The zero-order chi connectivity index (χ0) is 14.4. The maximum atomic E-state index is 8.89. The quantitative estimate of drug-likeness (QED) is 0.789. The zero-order valence-electron chi connectivity index (χ0n) is 11.0. The van der Waals surface area contributed by atoms with Crippen LogP contribution in [0.15, 0.2) is 36.5 Å². The molecule has 1 aromatic heterocycles. The van der Waals surface area contributed by atoms with Crippen LogP contribution < -0.4 is 9.47 Å². The number of aromatic nitrogens is 1. The minimum atomic E-state index is 0.357. The number of hydrogen-bond donors (Lipinski definition) is 0. The number of benzene rings is 1. The second kappa shape index (κ2) is 6.78. The topological polar surface area (TPSA) is 55.1 Å². The summed E-state index contributed by atoms with van der Waals surface area (Å²) in [6, 6.07) is 10.7. The molecule has 102 valence electrons. The molecule has 2 aromatic rings. The Labute approximate surface area is 122 Å². The fourth-order valence-electron chi connectivity index (χ4n) is 1.62. The molecule has 0 aliphatic carbocycles. The predicted molar refractivity (Wildman–Crippen MR) is 75.9 cm³/mol. The Balaban J connectivity index is 2.12. The van der Waals surface area contributed by atoms with Crippen molar-refractivity contribution in [2.24, 2.45) is 0 Å². The van der Waals surface area contributed by atoms with Crippen molar-refractivity contribution in [2.75, 3.05) is 6.61 Å². The average molecular weight is 289 g/mol. The van der Waals surface area contributed by atoms with E-state index in [1.165, 1.54) is 0 Å². The molecule has 0 aliphatic heterocycles. The summed E-state index contributed by atoms with van der Waals surface area (Å²) < 4.78 is 11.2. The Kier molecular flexibility index (Phi) is 4.80. The van der Waals surface area contributed by atoms with E-state index < -0.39 is 0 Å². The number of rotatable bonds is 5. The van der Waals surface area contributed by atoms with Gasteiger partial charge in [-0.2, -0.15) is 5.26 Å². The molecular formula is C15H13ClN2O2. The van der Waals surface area contributed by atoms with Gasteiger partial charge in [0, 0.05) is 17.8 Å². The molecule has 20 heavy (non-hydrogen) atoms. The first-order valence-corrected chi connectivity index (χ1v) is 6.51. The van der Waals surface area contributed by atoms with Crippen molar-refractivity contribution in [3.63, 3.8) is 0 Å². The van der Waals surface area contributed by atoms with Gasteiger partial charge in [0.2, 0.25) is 0 Å². The van der Waals surface area contributed by atoms with Crippen molar-refractivity contribution in [1.29, 1.82) is 5.26 Å². The van der Waals surface area contributed by atoms with Gasteiger partial charge in [0.25, 0.3) is 0 Å². The number of hydrogen-bond acceptors (Lipinski definition) is 4. The highest BCUT2D eigenvalue weighted by molar-refractivity contribution is 6.29. The standard InChI is InChI=1S/C15H13ClN2O2/c1-2-19-14-7-11(8-17)3-5-13(14)20-10-12-4-6-15(16)18-9-12/h3-7,9H,2,10H2,1H3. The zero-order valence-corrected chi connectivity index (χ0v) is 11.7. The first-order chi connectivity index (χ1) is 9.72. The summed E-state index contributed by atoms with van der Waals surface area (Å²) in [7, 11) is 0. The molecule has 4 nitrogen and oxygen atoms in total.